The SMILES string of the molecule is CC(C)(n1cnc(C(=O)O)c1N)C(F)(F)F. The van der Waals surface area contributed by atoms with Gasteiger partial charge in [0.05, 0.1) is 6.33 Å². The van der Waals surface area contributed by atoms with Crippen LogP contribution in [-0.4, -0.2) is 26.8 Å². The number of rotatable bonds is 2. The average molecular weight is 237 g/mol. The van der Waals surface area contributed by atoms with Crippen LogP contribution in [0.15, 0.2) is 6.33 Å². The highest BCUT2D eigenvalue weighted by Gasteiger charge is 2.50. The average Bonchev–Trinajstić information content (AvgIpc) is 2.44. The van der Waals surface area contributed by atoms with Crippen LogP contribution in [-0.2, 0) is 5.54 Å². The standard InChI is InChI=1S/C8H10F3N3O2/c1-7(2,8(9,10)11)14-3-13-4(5(14)12)6(15)16/h3H,12H2,1-2H3,(H,15,16). The molecule has 0 aliphatic rings. The zero-order valence-electron chi connectivity index (χ0n) is 8.54. The maximum Gasteiger partial charge on any atom is 0.411 e. The lowest BCUT2D eigenvalue weighted by Crippen LogP contribution is -2.42. The number of halogens is 3. The highest BCUT2D eigenvalue weighted by atomic mass is 19.4. The molecule has 5 nitrogen and oxygen atoms in total. The van der Waals surface area contributed by atoms with E-state index in [1.54, 1.807) is 0 Å². The number of aromatic carboxylic acids is 1. The Morgan fingerprint density at radius 2 is 2.00 bits per heavy atom. The van der Waals surface area contributed by atoms with Crippen molar-refractivity contribution in [3.63, 3.8) is 0 Å². The quantitative estimate of drug-likeness (QED) is 0.815. The van der Waals surface area contributed by atoms with Gasteiger partial charge in [-0.25, -0.2) is 9.78 Å². The Kier molecular flexibility index (Phi) is 2.62. The molecule has 1 aromatic rings. The van der Waals surface area contributed by atoms with Crippen molar-refractivity contribution in [2.24, 2.45) is 0 Å². The molecule has 16 heavy (non-hydrogen) atoms. The van der Waals surface area contributed by atoms with E-state index in [0.717, 1.165) is 20.2 Å². The molecule has 0 aliphatic carbocycles. The van der Waals surface area contributed by atoms with Gasteiger partial charge in [0.2, 0.25) is 0 Å². The lowest BCUT2D eigenvalue weighted by Gasteiger charge is -2.29. The minimum absolute atomic E-state index is 0.519. The zero-order valence-corrected chi connectivity index (χ0v) is 8.54. The fourth-order valence-electron chi connectivity index (χ4n) is 1.10. The van der Waals surface area contributed by atoms with Gasteiger partial charge in [-0.05, 0) is 13.8 Å². The monoisotopic (exact) mass is 237 g/mol. The molecule has 0 amide bonds. The molecule has 0 radical (unpaired) electrons. The van der Waals surface area contributed by atoms with Crippen LogP contribution >= 0.6 is 0 Å². The Morgan fingerprint density at radius 1 is 1.50 bits per heavy atom. The van der Waals surface area contributed by atoms with Crippen molar-refractivity contribution in [1.29, 1.82) is 0 Å². The van der Waals surface area contributed by atoms with Gasteiger partial charge in [0.15, 0.2) is 5.69 Å². The number of hydrogen-bond acceptors (Lipinski definition) is 3. The second-order valence-corrected chi connectivity index (χ2v) is 3.71. The van der Waals surface area contributed by atoms with Crippen molar-refractivity contribution in [2.75, 3.05) is 5.73 Å². The normalized spacial score (nSPS) is 12.8. The maximum absolute atomic E-state index is 12.7. The molecule has 0 fully saturated rings. The maximum atomic E-state index is 12.7. The fourth-order valence-corrected chi connectivity index (χ4v) is 1.10. The van der Waals surface area contributed by atoms with Crippen molar-refractivity contribution < 1.29 is 23.1 Å². The van der Waals surface area contributed by atoms with Gasteiger partial charge in [-0.1, -0.05) is 0 Å². The Hall–Kier alpha value is -1.73. The Morgan fingerprint density at radius 3 is 2.31 bits per heavy atom. The van der Waals surface area contributed by atoms with Crippen molar-refractivity contribution in [1.82, 2.24) is 9.55 Å². The molecule has 1 rings (SSSR count). The summed E-state index contributed by atoms with van der Waals surface area (Å²) in [4.78, 5) is 13.9. The molecule has 1 heterocycles. The first kappa shape index (κ1) is 12.3. The summed E-state index contributed by atoms with van der Waals surface area (Å²) in [6.45, 7) is 1.77. The van der Waals surface area contributed by atoms with Crippen LogP contribution in [0.3, 0.4) is 0 Å². The molecule has 1 aromatic heterocycles. The van der Waals surface area contributed by atoms with Crippen LogP contribution in [0.5, 0.6) is 0 Å². The third-order valence-electron chi connectivity index (χ3n) is 2.30. The molecule has 0 aliphatic heterocycles. The molecule has 0 saturated carbocycles. The summed E-state index contributed by atoms with van der Waals surface area (Å²) in [6, 6.07) is 0. The number of nitrogens with two attached hydrogens (primary N) is 1. The molecule has 0 atom stereocenters. The van der Waals surface area contributed by atoms with Gasteiger partial charge in [0.25, 0.3) is 0 Å². The van der Waals surface area contributed by atoms with Gasteiger partial charge in [0.1, 0.15) is 11.4 Å². The van der Waals surface area contributed by atoms with Crippen LogP contribution in [0.2, 0.25) is 0 Å². The predicted molar refractivity (Wildman–Crippen MR) is 49.0 cm³/mol. The van der Waals surface area contributed by atoms with Gasteiger partial charge in [-0.3, -0.25) is 0 Å². The Labute approximate surface area is 88.7 Å². The second-order valence-electron chi connectivity index (χ2n) is 3.71. The molecule has 0 unspecified atom stereocenters. The van der Waals surface area contributed by atoms with Gasteiger partial charge in [0, 0.05) is 0 Å². The highest BCUT2D eigenvalue weighted by Crippen LogP contribution is 2.37. The van der Waals surface area contributed by atoms with E-state index in [1.165, 1.54) is 0 Å². The van der Waals surface area contributed by atoms with Crippen molar-refractivity contribution in [3.05, 3.63) is 12.0 Å². The summed E-state index contributed by atoms with van der Waals surface area (Å²) in [5, 5.41) is 8.61. The Bertz CT molecular complexity index is 423. The summed E-state index contributed by atoms with van der Waals surface area (Å²) in [7, 11) is 0. The fraction of sp³-hybridized carbons (Fsp3) is 0.500. The first-order chi connectivity index (χ1) is 7.09. The minimum atomic E-state index is -4.56. The molecule has 0 saturated heterocycles. The molecular weight excluding hydrogens is 227 g/mol. The number of carbonyl (C=O) groups is 1. The van der Waals surface area contributed by atoms with E-state index in [1.807, 2.05) is 0 Å². The van der Waals surface area contributed by atoms with Crippen LogP contribution in [0.4, 0.5) is 19.0 Å². The predicted octanol–water partition coefficient (Wildman–Crippen LogP) is 1.46. The van der Waals surface area contributed by atoms with Crippen LogP contribution in [0.25, 0.3) is 0 Å². The molecule has 8 heteroatoms. The van der Waals surface area contributed by atoms with Gasteiger partial charge >= 0.3 is 12.1 Å². The third kappa shape index (κ3) is 1.70. The van der Waals surface area contributed by atoms with Gasteiger partial charge in [-0.15, -0.1) is 0 Å². The van der Waals surface area contributed by atoms with E-state index in [-0.39, 0.29) is 0 Å². The minimum Gasteiger partial charge on any atom is -0.476 e. The lowest BCUT2D eigenvalue weighted by molar-refractivity contribution is -0.202. The molecular formula is C8H10F3N3O2. The number of hydrogen-bond donors (Lipinski definition) is 2. The Balaban J connectivity index is 3.31. The zero-order chi connectivity index (χ0) is 12.7. The third-order valence-corrected chi connectivity index (χ3v) is 2.30. The number of alkyl halides is 3. The van der Waals surface area contributed by atoms with E-state index in [9.17, 15) is 18.0 Å². The molecule has 90 valence electrons. The smallest absolute Gasteiger partial charge is 0.411 e. The summed E-state index contributed by atoms with van der Waals surface area (Å²) in [5.74, 6) is -1.98. The van der Waals surface area contributed by atoms with Crippen molar-refractivity contribution >= 4 is 11.8 Å². The van der Waals surface area contributed by atoms with Gasteiger partial charge < -0.3 is 15.4 Å². The van der Waals surface area contributed by atoms with Crippen molar-refractivity contribution in [2.45, 2.75) is 25.6 Å². The van der Waals surface area contributed by atoms with Crippen LogP contribution in [0.1, 0.15) is 24.3 Å². The number of carboxylic acids is 1. The number of carboxylic acid groups (broad SMARTS) is 1. The molecule has 0 aromatic carbocycles. The van der Waals surface area contributed by atoms with Crippen LogP contribution in [0, 0.1) is 0 Å². The number of nitrogens with zero attached hydrogens (tertiary/aromatic N) is 2. The molecule has 0 spiro atoms. The first-order valence-corrected chi connectivity index (χ1v) is 4.22. The van der Waals surface area contributed by atoms with Gasteiger partial charge in [-0.2, -0.15) is 13.2 Å². The number of imidazole rings is 1. The van der Waals surface area contributed by atoms with E-state index < -0.39 is 29.2 Å². The number of nitrogen functional groups attached to an aromatic ring is 1. The van der Waals surface area contributed by atoms with E-state index >= 15 is 0 Å². The van der Waals surface area contributed by atoms with E-state index in [0.29, 0.717) is 4.57 Å². The summed E-state index contributed by atoms with van der Waals surface area (Å²) >= 11 is 0. The number of aromatic nitrogens is 2. The molecule has 3 N–H and O–H groups in total. The largest absolute Gasteiger partial charge is 0.476 e. The van der Waals surface area contributed by atoms with E-state index in [4.69, 9.17) is 10.8 Å². The summed E-state index contributed by atoms with van der Waals surface area (Å²) in [5.41, 5.74) is 2.41. The molecule has 0 bridgehead atoms. The lowest BCUT2D eigenvalue weighted by atomic mass is 10.1. The second kappa shape index (κ2) is 3.39. The van der Waals surface area contributed by atoms with Crippen molar-refractivity contribution in [3.8, 4) is 0 Å². The van der Waals surface area contributed by atoms with E-state index in [2.05, 4.69) is 4.98 Å². The summed E-state index contributed by atoms with van der Waals surface area (Å²) in [6.07, 6.45) is -3.79. The number of anilines is 1. The summed E-state index contributed by atoms with van der Waals surface area (Å²) < 4.78 is 38.6. The first-order valence-electron chi connectivity index (χ1n) is 4.22. The topological polar surface area (TPSA) is 81.1 Å². The highest BCUT2D eigenvalue weighted by molar-refractivity contribution is 5.90. The van der Waals surface area contributed by atoms with Crippen LogP contribution < -0.4 is 5.73 Å².